The van der Waals surface area contributed by atoms with E-state index in [9.17, 15) is 27.6 Å². The number of nitrogens with one attached hydrogen (secondary N) is 2. The second-order valence-corrected chi connectivity index (χ2v) is 5.16. The number of carbonyl (C=O) groups is 3. The number of esters is 1. The molecule has 1 aromatic carbocycles. The second kappa shape index (κ2) is 9.06. The third-order valence-corrected chi connectivity index (χ3v) is 3.07. The largest absolute Gasteiger partial charge is 0.452 e. The Bertz CT molecular complexity index is 647. The topological polar surface area (TPSA) is 84.5 Å². The molecule has 0 saturated carbocycles. The molecular weight excluding hydrogens is 397 g/mol. The molecule has 0 atom stereocenters. The summed E-state index contributed by atoms with van der Waals surface area (Å²) < 4.78 is 40.9. The average Bonchev–Trinajstić information content (AvgIpc) is 2.49. The van der Waals surface area contributed by atoms with Gasteiger partial charge in [0.2, 0.25) is 0 Å². The number of halogens is 4. The van der Waals surface area contributed by atoms with Gasteiger partial charge in [-0.05, 0) is 17.7 Å². The van der Waals surface area contributed by atoms with Gasteiger partial charge in [0.05, 0.1) is 0 Å². The van der Waals surface area contributed by atoms with Crippen molar-refractivity contribution in [3.05, 3.63) is 40.4 Å². The molecule has 1 rings (SSSR count). The van der Waals surface area contributed by atoms with Crippen molar-refractivity contribution < 1.29 is 32.3 Å². The van der Waals surface area contributed by atoms with Crippen molar-refractivity contribution >= 4 is 39.9 Å². The number of alkyl halides is 3. The van der Waals surface area contributed by atoms with Gasteiger partial charge >= 0.3 is 18.2 Å². The maximum Gasteiger partial charge on any atom is 0.405 e. The number of hydrogen-bond donors (Lipinski definition) is 2. The number of benzene rings is 1. The molecule has 0 aliphatic heterocycles. The second-order valence-electron chi connectivity index (χ2n) is 4.31. The summed E-state index contributed by atoms with van der Waals surface area (Å²) >= 11 is 3.27. The maximum absolute atomic E-state index is 11.9. The molecule has 2 N–H and O–H groups in total. The molecule has 1 aromatic rings. The van der Waals surface area contributed by atoms with E-state index in [2.05, 4.69) is 20.7 Å². The number of rotatable bonds is 5. The van der Waals surface area contributed by atoms with E-state index < -0.39 is 37.2 Å². The molecule has 6 nitrogen and oxygen atoms in total. The molecule has 0 aliphatic carbocycles. The molecule has 24 heavy (non-hydrogen) atoms. The van der Waals surface area contributed by atoms with Crippen molar-refractivity contribution in [3.8, 4) is 0 Å². The van der Waals surface area contributed by atoms with E-state index in [4.69, 9.17) is 0 Å². The lowest BCUT2D eigenvalue weighted by atomic mass is 10.2. The van der Waals surface area contributed by atoms with Gasteiger partial charge in [0, 0.05) is 10.5 Å². The van der Waals surface area contributed by atoms with Crippen LogP contribution >= 0.6 is 15.9 Å². The summed E-state index contributed by atoms with van der Waals surface area (Å²) in [5.41, 5.74) is 0.699. The summed E-state index contributed by atoms with van der Waals surface area (Å²) in [6, 6.07) is 5.69. The van der Waals surface area contributed by atoms with Gasteiger partial charge in [-0.15, -0.1) is 0 Å². The van der Waals surface area contributed by atoms with Crippen molar-refractivity contribution in [2.24, 2.45) is 0 Å². The van der Waals surface area contributed by atoms with Crippen LogP contribution in [0.15, 0.2) is 34.8 Å². The minimum absolute atomic E-state index is 0.699. The predicted molar refractivity (Wildman–Crippen MR) is 81.7 cm³/mol. The summed E-state index contributed by atoms with van der Waals surface area (Å²) in [5, 5.41) is 3.03. The van der Waals surface area contributed by atoms with Crippen molar-refractivity contribution in [1.82, 2.24) is 10.6 Å². The van der Waals surface area contributed by atoms with Gasteiger partial charge in [-0.25, -0.2) is 9.59 Å². The molecule has 0 spiro atoms. The van der Waals surface area contributed by atoms with E-state index in [1.165, 1.54) is 11.4 Å². The number of hydrogen-bond acceptors (Lipinski definition) is 4. The maximum atomic E-state index is 11.9. The number of urea groups is 1. The van der Waals surface area contributed by atoms with Gasteiger partial charge in [0.25, 0.3) is 5.91 Å². The van der Waals surface area contributed by atoms with Crippen LogP contribution in [-0.4, -0.2) is 37.2 Å². The highest BCUT2D eigenvalue weighted by atomic mass is 79.9. The molecule has 10 heteroatoms. The highest BCUT2D eigenvalue weighted by Crippen LogP contribution is 2.17. The fourth-order valence-corrected chi connectivity index (χ4v) is 1.76. The zero-order chi connectivity index (χ0) is 18.2. The minimum Gasteiger partial charge on any atom is -0.452 e. The van der Waals surface area contributed by atoms with E-state index in [0.29, 0.717) is 5.56 Å². The van der Waals surface area contributed by atoms with E-state index in [1.54, 1.807) is 29.6 Å². The summed E-state index contributed by atoms with van der Waals surface area (Å²) in [6.45, 7) is -2.39. The fourth-order valence-electron chi connectivity index (χ4n) is 1.34. The van der Waals surface area contributed by atoms with Crippen LogP contribution in [0.2, 0.25) is 0 Å². The lowest BCUT2D eigenvalue weighted by Gasteiger charge is -2.08. The highest BCUT2D eigenvalue weighted by Gasteiger charge is 2.27. The Labute approximate surface area is 143 Å². The van der Waals surface area contributed by atoms with Crippen LogP contribution in [0, 0.1) is 0 Å². The van der Waals surface area contributed by atoms with Crippen molar-refractivity contribution in [1.29, 1.82) is 0 Å². The van der Waals surface area contributed by atoms with E-state index >= 15 is 0 Å². The van der Waals surface area contributed by atoms with Crippen LogP contribution in [0.1, 0.15) is 5.56 Å². The first-order chi connectivity index (χ1) is 11.2. The van der Waals surface area contributed by atoms with Gasteiger partial charge < -0.3 is 10.1 Å². The highest BCUT2D eigenvalue weighted by molar-refractivity contribution is 9.10. The lowest BCUT2D eigenvalue weighted by molar-refractivity contribution is -0.143. The van der Waals surface area contributed by atoms with Gasteiger partial charge in [-0.1, -0.05) is 34.1 Å². The number of ether oxygens (including phenoxy) is 1. The Morgan fingerprint density at radius 1 is 1.21 bits per heavy atom. The Hall–Kier alpha value is -2.36. The zero-order valence-corrected chi connectivity index (χ0v) is 13.6. The smallest absolute Gasteiger partial charge is 0.405 e. The van der Waals surface area contributed by atoms with Crippen molar-refractivity contribution in [3.63, 3.8) is 0 Å². The first-order valence-corrected chi connectivity index (χ1v) is 7.20. The molecule has 0 heterocycles. The lowest BCUT2D eigenvalue weighted by Crippen LogP contribution is -2.44. The monoisotopic (exact) mass is 408 g/mol. The van der Waals surface area contributed by atoms with Crippen molar-refractivity contribution in [2.45, 2.75) is 6.18 Å². The molecule has 3 amide bonds. The van der Waals surface area contributed by atoms with Crippen LogP contribution in [0.3, 0.4) is 0 Å². The Kier molecular flexibility index (Phi) is 7.43. The number of imide groups is 1. The summed E-state index contributed by atoms with van der Waals surface area (Å²) in [7, 11) is 0. The Morgan fingerprint density at radius 2 is 1.88 bits per heavy atom. The fraction of sp³-hybridized carbons (Fsp3) is 0.214. The Morgan fingerprint density at radius 3 is 2.50 bits per heavy atom. The molecule has 0 saturated heterocycles. The molecule has 0 fully saturated rings. The minimum atomic E-state index is -4.59. The molecule has 0 aliphatic rings. The summed E-state index contributed by atoms with van der Waals surface area (Å²) in [5.74, 6) is -1.91. The van der Waals surface area contributed by atoms with Gasteiger partial charge in [-0.2, -0.15) is 13.2 Å². The third-order valence-electron chi connectivity index (χ3n) is 2.35. The van der Waals surface area contributed by atoms with Crippen LogP contribution < -0.4 is 10.6 Å². The van der Waals surface area contributed by atoms with E-state index in [1.807, 2.05) is 0 Å². The van der Waals surface area contributed by atoms with Crippen LogP contribution in [0.5, 0.6) is 0 Å². The first-order valence-electron chi connectivity index (χ1n) is 6.41. The summed E-state index contributed by atoms with van der Waals surface area (Å²) in [4.78, 5) is 33.7. The van der Waals surface area contributed by atoms with Gasteiger partial charge in [0.1, 0.15) is 6.54 Å². The molecular formula is C14H12BrF3N2O4. The van der Waals surface area contributed by atoms with E-state index in [-0.39, 0.29) is 0 Å². The normalized spacial score (nSPS) is 11.2. The van der Waals surface area contributed by atoms with Gasteiger partial charge in [-0.3, -0.25) is 10.1 Å². The number of carbonyl (C=O) groups excluding carboxylic acids is 3. The third kappa shape index (κ3) is 8.32. The molecule has 0 aromatic heterocycles. The molecule has 0 radical (unpaired) electrons. The van der Waals surface area contributed by atoms with Crippen molar-refractivity contribution in [2.75, 3.05) is 13.2 Å². The number of amides is 3. The van der Waals surface area contributed by atoms with Crippen LogP contribution in [0.25, 0.3) is 6.08 Å². The molecule has 0 bridgehead atoms. The summed E-state index contributed by atoms with van der Waals surface area (Å²) in [6.07, 6.45) is -2.08. The standard InChI is InChI=1S/C14H12BrF3N2O4/c15-10-4-2-1-3-9(10)5-6-12(22)24-7-11(21)20-13(23)19-8-14(16,17)18/h1-6H,7-8H2,(H2,19,20,21,23)/b6-5+. The quantitative estimate of drug-likeness (QED) is 0.578. The predicted octanol–water partition coefficient (Wildman–Crippen LogP) is 2.39. The van der Waals surface area contributed by atoms with E-state index in [0.717, 1.165) is 10.5 Å². The van der Waals surface area contributed by atoms with Crippen LogP contribution in [-0.2, 0) is 14.3 Å². The Balaban J connectivity index is 2.35. The first kappa shape index (κ1) is 19.7. The average molecular weight is 409 g/mol. The molecule has 130 valence electrons. The molecule has 0 unspecified atom stereocenters. The SMILES string of the molecule is O=C(COC(=O)/C=C/c1ccccc1Br)NC(=O)NCC(F)(F)F. The zero-order valence-electron chi connectivity index (χ0n) is 12.0. The van der Waals surface area contributed by atoms with Gasteiger partial charge in [0.15, 0.2) is 6.61 Å². The van der Waals surface area contributed by atoms with Crippen LogP contribution in [0.4, 0.5) is 18.0 Å².